The number of carbonyl (C=O) groups is 1. The minimum Gasteiger partial charge on any atom is -0.308 e. The van der Waals surface area contributed by atoms with Crippen LogP contribution in [0.1, 0.15) is 48.2 Å². The predicted molar refractivity (Wildman–Crippen MR) is 108 cm³/mol. The van der Waals surface area contributed by atoms with Gasteiger partial charge >= 0.3 is 0 Å². The molecule has 6 heteroatoms. The third-order valence-corrected chi connectivity index (χ3v) is 6.58. The van der Waals surface area contributed by atoms with Gasteiger partial charge in [-0.1, -0.05) is 24.6 Å². The van der Waals surface area contributed by atoms with Crippen LogP contribution in [0.3, 0.4) is 0 Å². The van der Waals surface area contributed by atoms with E-state index in [1.807, 2.05) is 32.9 Å². The van der Waals surface area contributed by atoms with Crippen molar-refractivity contribution in [1.29, 1.82) is 0 Å². The molecule has 1 N–H and O–H groups in total. The fourth-order valence-corrected chi connectivity index (χ4v) is 4.61. The second kappa shape index (κ2) is 7.82. The summed E-state index contributed by atoms with van der Waals surface area (Å²) in [5.41, 5.74) is 3.82. The van der Waals surface area contributed by atoms with Crippen molar-refractivity contribution in [3.8, 4) is 0 Å². The van der Waals surface area contributed by atoms with Gasteiger partial charge in [0.1, 0.15) is 0 Å². The van der Waals surface area contributed by atoms with Gasteiger partial charge in [-0.2, -0.15) is 0 Å². The number of fused-ring (bicyclic) bond motifs is 1. The lowest BCUT2D eigenvalue weighted by Crippen LogP contribution is -2.35. The number of sulfonamides is 1. The molecule has 0 saturated heterocycles. The first kappa shape index (κ1) is 19.6. The number of benzene rings is 2. The average molecular weight is 387 g/mol. The van der Waals surface area contributed by atoms with E-state index in [2.05, 4.69) is 10.8 Å². The van der Waals surface area contributed by atoms with Crippen molar-refractivity contribution in [3.63, 3.8) is 0 Å². The van der Waals surface area contributed by atoms with Gasteiger partial charge in [0.25, 0.3) is 5.91 Å². The van der Waals surface area contributed by atoms with Gasteiger partial charge in [0, 0.05) is 23.8 Å². The van der Waals surface area contributed by atoms with Crippen LogP contribution in [0.15, 0.2) is 47.4 Å². The lowest BCUT2D eigenvalue weighted by molar-refractivity contribution is 0.0985. The van der Waals surface area contributed by atoms with Gasteiger partial charge in [0.2, 0.25) is 10.0 Å². The standard InChI is InChI=1S/C21H26N2O3S/c1-4-16(3)22-27(25,26)19-10-8-17(9-11-19)21(24)23-13-5-6-18-14-15(2)7-12-20(18)23/h7-12,14,16,22H,4-6,13H2,1-3H3. The molecule has 2 aromatic rings. The quantitative estimate of drug-likeness (QED) is 0.853. The number of rotatable bonds is 5. The zero-order valence-corrected chi connectivity index (χ0v) is 16.8. The molecule has 1 aliphatic rings. The second-order valence-electron chi connectivity index (χ2n) is 7.15. The van der Waals surface area contributed by atoms with Crippen molar-refractivity contribution >= 4 is 21.6 Å². The van der Waals surface area contributed by atoms with Crippen LogP contribution in [0.2, 0.25) is 0 Å². The van der Waals surface area contributed by atoms with E-state index < -0.39 is 10.0 Å². The van der Waals surface area contributed by atoms with Crippen molar-refractivity contribution in [2.24, 2.45) is 0 Å². The summed E-state index contributed by atoms with van der Waals surface area (Å²) >= 11 is 0. The van der Waals surface area contributed by atoms with Crippen LogP contribution in [0.4, 0.5) is 5.69 Å². The monoisotopic (exact) mass is 386 g/mol. The first-order valence-corrected chi connectivity index (χ1v) is 10.8. The summed E-state index contributed by atoms with van der Waals surface area (Å²) in [5.74, 6) is -0.0985. The largest absolute Gasteiger partial charge is 0.308 e. The van der Waals surface area contributed by atoms with Crippen LogP contribution in [0, 0.1) is 6.92 Å². The van der Waals surface area contributed by atoms with E-state index in [0.29, 0.717) is 18.5 Å². The molecule has 1 amide bonds. The third-order valence-electron chi connectivity index (χ3n) is 4.98. The number of anilines is 1. The molecule has 0 bridgehead atoms. The molecule has 0 saturated carbocycles. The summed E-state index contributed by atoms with van der Waals surface area (Å²) in [7, 11) is -3.57. The van der Waals surface area contributed by atoms with Crippen LogP contribution in [0.5, 0.6) is 0 Å². The molecular formula is C21H26N2O3S. The van der Waals surface area contributed by atoms with E-state index in [1.165, 1.54) is 23.3 Å². The van der Waals surface area contributed by atoms with Crippen molar-refractivity contribution in [3.05, 3.63) is 59.2 Å². The molecule has 1 aliphatic heterocycles. The Balaban J connectivity index is 1.83. The Morgan fingerprint density at radius 3 is 2.56 bits per heavy atom. The molecule has 0 aromatic heterocycles. The summed E-state index contributed by atoms with van der Waals surface area (Å²) in [5, 5.41) is 0. The van der Waals surface area contributed by atoms with Crippen LogP contribution < -0.4 is 9.62 Å². The van der Waals surface area contributed by atoms with Gasteiger partial charge in [-0.25, -0.2) is 13.1 Å². The molecule has 1 atom stereocenters. The van der Waals surface area contributed by atoms with Crippen molar-refractivity contribution in [2.75, 3.05) is 11.4 Å². The van der Waals surface area contributed by atoms with Gasteiger partial charge in [0.05, 0.1) is 4.90 Å². The predicted octanol–water partition coefficient (Wildman–Crippen LogP) is 3.66. The normalized spacial score (nSPS) is 15.3. The number of nitrogens with one attached hydrogen (secondary N) is 1. The van der Waals surface area contributed by atoms with Crippen LogP contribution in [0.25, 0.3) is 0 Å². The Morgan fingerprint density at radius 2 is 1.89 bits per heavy atom. The topological polar surface area (TPSA) is 66.5 Å². The SMILES string of the molecule is CCC(C)NS(=O)(=O)c1ccc(C(=O)N2CCCc3cc(C)ccc32)cc1. The zero-order chi connectivity index (χ0) is 19.6. The maximum Gasteiger partial charge on any atom is 0.258 e. The van der Waals surface area contributed by atoms with E-state index in [1.54, 1.807) is 17.0 Å². The summed E-state index contributed by atoms with van der Waals surface area (Å²) in [6.07, 6.45) is 2.61. The highest BCUT2D eigenvalue weighted by atomic mass is 32.2. The molecule has 1 heterocycles. The molecule has 0 radical (unpaired) electrons. The molecular weight excluding hydrogens is 360 g/mol. The molecule has 27 heavy (non-hydrogen) atoms. The maximum absolute atomic E-state index is 13.0. The number of aryl methyl sites for hydroxylation is 2. The van der Waals surface area contributed by atoms with Gasteiger partial charge < -0.3 is 4.90 Å². The summed E-state index contributed by atoms with van der Waals surface area (Å²) in [4.78, 5) is 15.0. The van der Waals surface area contributed by atoms with Gasteiger partial charge in [-0.15, -0.1) is 0 Å². The zero-order valence-electron chi connectivity index (χ0n) is 16.0. The van der Waals surface area contributed by atoms with Gasteiger partial charge in [-0.05, 0) is 69.0 Å². The number of hydrogen-bond acceptors (Lipinski definition) is 3. The Labute approximate surface area is 161 Å². The molecule has 3 rings (SSSR count). The molecule has 2 aromatic carbocycles. The first-order chi connectivity index (χ1) is 12.8. The lowest BCUT2D eigenvalue weighted by Gasteiger charge is -2.30. The van der Waals surface area contributed by atoms with Crippen LogP contribution in [-0.2, 0) is 16.4 Å². The number of nitrogens with zero attached hydrogens (tertiary/aromatic N) is 1. The summed E-state index contributed by atoms with van der Waals surface area (Å²) < 4.78 is 27.4. The van der Waals surface area contributed by atoms with Crippen molar-refractivity contribution in [2.45, 2.75) is 51.0 Å². The first-order valence-electron chi connectivity index (χ1n) is 9.35. The fourth-order valence-electron chi connectivity index (χ4n) is 3.29. The third kappa shape index (κ3) is 4.22. The number of hydrogen-bond donors (Lipinski definition) is 1. The number of amides is 1. The highest BCUT2D eigenvalue weighted by molar-refractivity contribution is 7.89. The van der Waals surface area contributed by atoms with Gasteiger partial charge in [-0.3, -0.25) is 4.79 Å². The fraction of sp³-hybridized carbons (Fsp3) is 0.381. The Bertz CT molecular complexity index is 936. The Kier molecular flexibility index (Phi) is 5.67. The molecule has 5 nitrogen and oxygen atoms in total. The summed E-state index contributed by atoms with van der Waals surface area (Å²) in [6.45, 7) is 6.47. The lowest BCUT2D eigenvalue weighted by atomic mass is 9.99. The van der Waals surface area contributed by atoms with E-state index in [9.17, 15) is 13.2 Å². The van der Waals surface area contributed by atoms with E-state index in [0.717, 1.165) is 18.5 Å². The van der Waals surface area contributed by atoms with E-state index in [4.69, 9.17) is 0 Å². The minimum absolute atomic E-state index is 0.0985. The highest BCUT2D eigenvalue weighted by Crippen LogP contribution is 2.29. The molecule has 0 fully saturated rings. The van der Waals surface area contributed by atoms with E-state index in [-0.39, 0.29) is 16.8 Å². The van der Waals surface area contributed by atoms with Gasteiger partial charge in [0.15, 0.2) is 0 Å². The number of carbonyl (C=O) groups excluding carboxylic acids is 1. The van der Waals surface area contributed by atoms with Crippen LogP contribution in [-0.4, -0.2) is 26.9 Å². The average Bonchev–Trinajstić information content (AvgIpc) is 2.66. The maximum atomic E-state index is 13.0. The Morgan fingerprint density at radius 1 is 1.19 bits per heavy atom. The van der Waals surface area contributed by atoms with Crippen LogP contribution >= 0.6 is 0 Å². The Hall–Kier alpha value is -2.18. The second-order valence-corrected chi connectivity index (χ2v) is 8.86. The summed E-state index contributed by atoms with van der Waals surface area (Å²) in [6, 6.07) is 12.2. The van der Waals surface area contributed by atoms with Crippen molar-refractivity contribution < 1.29 is 13.2 Å². The van der Waals surface area contributed by atoms with E-state index >= 15 is 0 Å². The van der Waals surface area contributed by atoms with Crippen molar-refractivity contribution in [1.82, 2.24) is 4.72 Å². The smallest absolute Gasteiger partial charge is 0.258 e. The molecule has 1 unspecified atom stereocenters. The molecule has 144 valence electrons. The minimum atomic E-state index is -3.57. The molecule has 0 spiro atoms. The molecule has 0 aliphatic carbocycles. The highest BCUT2D eigenvalue weighted by Gasteiger charge is 2.24.